The lowest BCUT2D eigenvalue weighted by Gasteiger charge is -2.34. The maximum atomic E-state index is 14.6. The van der Waals surface area contributed by atoms with Crippen LogP contribution >= 0.6 is 23.2 Å². The molecule has 3 aromatic rings. The van der Waals surface area contributed by atoms with Crippen molar-refractivity contribution < 1.29 is 9.18 Å². The Hall–Kier alpha value is -2.35. The Kier molecular flexibility index (Phi) is 6.88. The van der Waals surface area contributed by atoms with Crippen LogP contribution in [-0.2, 0) is 6.42 Å². The van der Waals surface area contributed by atoms with Gasteiger partial charge in [0.15, 0.2) is 0 Å². The van der Waals surface area contributed by atoms with Gasteiger partial charge in [-0.2, -0.15) is 0 Å². The molecular weight excluding hydrogens is 454 g/mol. The van der Waals surface area contributed by atoms with Crippen LogP contribution in [0.25, 0.3) is 5.52 Å². The molecule has 4 rings (SSSR count). The predicted octanol–water partition coefficient (Wildman–Crippen LogP) is 4.22. The van der Waals surface area contributed by atoms with Gasteiger partial charge in [-0.15, -0.1) is 0 Å². The third-order valence-electron chi connectivity index (χ3n) is 5.92. The molecule has 0 radical (unpaired) electrons. The number of aromatic nitrogens is 2. The SMILES string of the molecule is CCCCN1CCN(C(=O)c2cc(Cc3c[nH]c(=O)c4cc(Cl)c(Cl)n34)ccc2F)CC1. The van der Waals surface area contributed by atoms with Crippen molar-refractivity contribution in [2.45, 2.75) is 26.2 Å². The van der Waals surface area contributed by atoms with Crippen LogP contribution in [-0.4, -0.2) is 57.8 Å². The fourth-order valence-electron chi connectivity index (χ4n) is 4.10. The summed E-state index contributed by atoms with van der Waals surface area (Å²) in [7, 11) is 0. The van der Waals surface area contributed by atoms with Crippen molar-refractivity contribution in [3.05, 3.63) is 73.6 Å². The molecule has 2 aromatic heterocycles. The first kappa shape index (κ1) is 22.8. The number of hydrogen-bond donors (Lipinski definition) is 1. The second-order valence-electron chi connectivity index (χ2n) is 8.09. The summed E-state index contributed by atoms with van der Waals surface area (Å²) in [6.45, 7) is 5.97. The first-order valence-electron chi connectivity index (χ1n) is 10.8. The molecule has 1 aliphatic heterocycles. The molecule has 0 unspecified atom stereocenters. The molecule has 1 fully saturated rings. The Balaban J connectivity index is 1.55. The van der Waals surface area contributed by atoms with E-state index in [4.69, 9.17) is 23.2 Å². The fourth-order valence-corrected chi connectivity index (χ4v) is 4.55. The number of hydrogen-bond acceptors (Lipinski definition) is 3. The standard InChI is InChI=1S/C23H25Cl2FN4O2/c1-2-3-6-28-7-9-29(10-8-28)23(32)17-12-15(4-5-19(17)26)11-16-14-27-22(31)20-13-18(24)21(25)30(16)20/h4-5,12-14H,2-3,6-11H2,1H3,(H,27,31). The van der Waals surface area contributed by atoms with E-state index in [1.165, 1.54) is 12.1 Å². The van der Waals surface area contributed by atoms with Gasteiger partial charge >= 0.3 is 0 Å². The summed E-state index contributed by atoms with van der Waals surface area (Å²) in [5.41, 5.74) is 1.48. The number of nitrogens with zero attached hydrogens (tertiary/aromatic N) is 3. The highest BCUT2D eigenvalue weighted by molar-refractivity contribution is 6.42. The molecule has 0 atom stereocenters. The van der Waals surface area contributed by atoms with Gasteiger partial charge in [0.05, 0.1) is 10.6 Å². The summed E-state index contributed by atoms with van der Waals surface area (Å²) in [4.78, 5) is 31.9. The summed E-state index contributed by atoms with van der Waals surface area (Å²) >= 11 is 12.4. The first-order valence-corrected chi connectivity index (χ1v) is 11.5. The zero-order valence-electron chi connectivity index (χ0n) is 17.8. The molecule has 0 bridgehead atoms. The van der Waals surface area contributed by atoms with Crippen LogP contribution in [0.2, 0.25) is 10.2 Å². The number of carbonyl (C=O) groups excluding carboxylic acids is 1. The number of benzene rings is 1. The molecular formula is C23H25Cl2FN4O2. The van der Waals surface area contributed by atoms with Gasteiger partial charge < -0.3 is 9.88 Å². The minimum Gasteiger partial charge on any atom is -0.336 e. The largest absolute Gasteiger partial charge is 0.336 e. The van der Waals surface area contributed by atoms with Gasteiger partial charge in [0.2, 0.25) is 0 Å². The number of rotatable bonds is 6. The van der Waals surface area contributed by atoms with E-state index in [0.29, 0.717) is 30.7 Å². The lowest BCUT2D eigenvalue weighted by atomic mass is 10.0. The Morgan fingerprint density at radius 2 is 1.91 bits per heavy atom. The maximum absolute atomic E-state index is 14.6. The third-order valence-corrected chi connectivity index (χ3v) is 6.68. The van der Waals surface area contributed by atoms with E-state index in [-0.39, 0.29) is 27.2 Å². The number of unbranched alkanes of at least 4 members (excludes halogenated alkanes) is 1. The summed E-state index contributed by atoms with van der Waals surface area (Å²) in [6, 6.07) is 6.03. The molecule has 0 saturated carbocycles. The Bertz CT molecular complexity index is 1200. The van der Waals surface area contributed by atoms with Gasteiger partial charge in [-0.25, -0.2) is 4.39 Å². The van der Waals surface area contributed by atoms with Crippen molar-refractivity contribution >= 4 is 34.6 Å². The number of nitrogens with one attached hydrogen (secondary N) is 1. The van der Waals surface area contributed by atoms with Crippen molar-refractivity contribution in [1.82, 2.24) is 19.2 Å². The van der Waals surface area contributed by atoms with Crippen molar-refractivity contribution in [3.63, 3.8) is 0 Å². The van der Waals surface area contributed by atoms with Crippen molar-refractivity contribution in [3.8, 4) is 0 Å². The number of fused-ring (bicyclic) bond motifs is 1. The minimum absolute atomic E-state index is 0.0572. The lowest BCUT2D eigenvalue weighted by molar-refractivity contribution is 0.0631. The van der Waals surface area contributed by atoms with Crippen molar-refractivity contribution in [1.29, 1.82) is 0 Å². The van der Waals surface area contributed by atoms with Gasteiger partial charge in [0.1, 0.15) is 16.5 Å². The predicted molar refractivity (Wildman–Crippen MR) is 124 cm³/mol. The average molecular weight is 479 g/mol. The van der Waals surface area contributed by atoms with Crippen LogP contribution in [0.5, 0.6) is 0 Å². The quantitative estimate of drug-likeness (QED) is 0.576. The highest BCUT2D eigenvalue weighted by atomic mass is 35.5. The van der Waals surface area contributed by atoms with E-state index in [1.807, 2.05) is 0 Å². The van der Waals surface area contributed by atoms with Gasteiger partial charge in [-0.1, -0.05) is 42.6 Å². The Labute approximate surface area is 195 Å². The molecule has 0 spiro atoms. The molecule has 1 amide bonds. The van der Waals surface area contributed by atoms with Crippen LogP contribution in [0.15, 0.2) is 35.3 Å². The number of carbonyl (C=O) groups is 1. The van der Waals surface area contributed by atoms with Crippen LogP contribution in [0.4, 0.5) is 4.39 Å². The number of amides is 1. The topological polar surface area (TPSA) is 60.8 Å². The molecule has 1 N–H and O–H groups in total. The maximum Gasteiger partial charge on any atom is 0.272 e. The van der Waals surface area contributed by atoms with E-state index in [1.54, 1.807) is 27.6 Å². The van der Waals surface area contributed by atoms with E-state index < -0.39 is 5.82 Å². The van der Waals surface area contributed by atoms with E-state index >= 15 is 0 Å². The molecule has 170 valence electrons. The fraction of sp³-hybridized carbons (Fsp3) is 0.391. The van der Waals surface area contributed by atoms with Crippen molar-refractivity contribution in [2.75, 3.05) is 32.7 Å². The summed E-state index contributed by atoms with van der Waals surface area (Å²) < 4.78 is 16.2. The van der Waals surface area contributed by atoms with Gasteiger partial charge in [0.25, 0.3) is 11.5 Å². The summed E-state index contributed by atoms with van der Waals surface area (Å²) in [6.07, 6.45) is 4.17. The normalized spacial score (nSPS) is 14.9. The molecule has 3 heterocycles. The zero-order valence-corrected chi connectivity index (χ0v) is 19.3. The Morgan fingerprint density at radius 1 is 1.16 bits per heavy atom. The van der Waals surface area contributed by atoms with Gasteiger partial charge in [-0.3, -0.25) is 18.9 Å². The summed E-state index contributed by atoms with van der Waals surface area (Å²) in [5.74, 6) is -0.839. The molecule has 0 aliphatic carbocycles. The van der Waals surface area contributed by atoms with Gasteiger partial charge in [0, 0.05) is 44.5 Å². The number of H-pyrrole nitrogens is 1. The van der Waals surface area contributed by atoms with Crippen LogP contribution in [0, 0.1) is 5.82 Å². The number of halogens is 3. The first-order chi connectivity index (χ1) is 15.4. The second-order valence-corrected chi connectivity index (χ2v) is 8.86. The zero-order chi connectivity index (χ0) is 22.8. The number of piperazine rings is 1. The van der Waals surface area contributed by atoms with Gasteiger partial charge in [-0.05, 0) is 36.7 Å². The molecule has 1 aliphatic rings. The minimum atomic E-state index is -0.541. The smallest absolute Gasteiger partial charge is 0.272 e. The van der Waals surface area contributed by atoms with Crippen LogP contribution in [0.1, 0.15) is 41.4 Å². The lowest BCUT2D eigenvalue weighted by Crippen LogP contribution is -2.49. The molecule has 1 aromatic carbocycles. The molecule has 32 heavy (non-hydrogen) atoms. The monoisotopic (exact) mass is 478 g/mol. The van der Waals surface area contributed by atoms with Crippen LogP contribution in [0.3, 0.4) is 0 Å². The second kappa shape index (κ2) is 9.65. The van der Waals surface area contributed by atoms with Crippen molar-refractivity contribution in [2.24, 2.45) is 0 Å². The molecule has 6 nitrogen and oxygen atoms in total. The highest BCUT2D eigenvalue weighted by Crippen LogP contribution is 2.27. The van der Waals surface area contributed by atoms with E-state index in [0.717, 1.165) is 38.0 Å². The molecule has 1 saturated heterocycles. The van der Waals surface area contributed by atoms with E-state index in [9.17, 15) is 14.0 Å². The Morgan fingerprint density at radius 3 is 2.62 bits per heavy atom. The summed E-state index contributed by atoms with van der Waals surface area (Å²) in [5, 5.41) is 0.514. The van der Waals surface area contributed by atoms with Crippen LogP contribution < -0.4 is 5.56 Å². The average Bonchev–Trinajstić information content (AvgIpc) is 3.11. The highest BCUT2D eigenvalue weighted by Gasteiger charge is 2.24. The third kappa shape index (κ3) is 4.56. The number of aromatic amines is 1. The molecule has 9 heteroatoms. The van der Waals surface area contributed by atoms with E-state index in [2.05, 4.69) is 16.8 Å².